The van der Waals surface area contributed by atoms with Crippen LogP contribution in [0.2, 0.25) is 0 Å². The molecule has 90 valence electrons. The van der Waals surface area contributed by atoms with Gasteiger partial charge >= 0.3 is 0 Å². The molecule has 16 heavy (non-hydrogen) atoms. The lowest BCUT2D eigenvalue weighted by atomic mass is 10.1. The minimum atomic E-state index is -0.0762. The Morgan fingerprint density at radius 2 is 2.38 bits per heavy atom. The average Bonchev–Trinajstić information content (AvgIpc) is 2.89. The summed E-state index contributed by atoms with van der Waals surface area (Å²) in [5.41, 5.74) is 1.33. The second-order valence-electron chi connectivity index (χ2n) is 4.74. The van der Waals surface area contributed by atoms with Crippen LogP contribution in [0.4, 0.5) is 0 Å². The number of rotatable bonds is 5. The molecule has 1 aliphatic rings. The number of hydrogen-bond acceptors (Lipinski definition) is 2. The molecule has 0 radical (unpaired) electrons. The van der Waals surface area contributed by atoms with Crippen molar-refractivity contribution in [3.63, 3.8) is 0 Å². The zero-order chi connectivity index (χ0) is 11.4. The summed E-state index contributed by atoms with van der Waals surface area (Å²) in [5.74, 6) is 0.466. The van der Waals surface area contributed by atoms with Gasteiger partial charge in [-0.05, 0) is 37.3 Å². The molecule has 2 unspecified atom stereocenters. The highest BCUT2D eigenvalue weighted by Crippen LogP contribution is 2.24. The Hall–Kier alpha value is -0.800. The van der Waals surface area contributed by atoms with Crippen LogP contribution in [0.1, 0.15) is 31.7 Å². The molecule has 0 aromatic carbocycles. The van der Waals surface area contributed by atoms with Crippen LogP contribution in [0.15, 0.2) is 18.5 Å². The third-order valence-electron chi connectivity index (χ3n) is 3.53. The lowest BCUT2D eigenvalue weighted by Gasteiger charge is -2.14. The van der Waals surface area contributed by atoms with Gasteiger partial charge in [-0.15, -0.1) is 0 Å². The molecule has 2 rings (SSSR count). The normalized spacial score (nSPS) is 25.1. The Morgan fingerprint density at radius 3 is 3.00 bits per heavy atom. The fourth-order valence-electron chi connectivity index (χ4n) is 2.45. The number of aliphatic hydroxyl groups excluding tert-OH is 1. The van der Waals surface area contributed by atoms with Crippen LogP contribution in [0.25, 0.3) is 0 Å². The number of aryl methyl sites for hydroxylation is 1. The van der Waals surface area contributed by atoms with E-state index in [4.69, 9.17) is 0 Å². The Kier molecular flexibility index (Phi) is 4.02. The molecule has 0 bridgehead atoms. The quantitative estimate of drug-likeness (QED) is 0.796. The van der Waals surface area contributed by atoms with Gasteiger partial charge in [-0.3, -0.25) is 0 Å². The second kappa shape index (κ2) is 5.51. The summed E-state index contributed by atoms with van der Waals surface area (Å²) in [6.07, 6.45) is 7.55. The van der Waals surface area contributed by atoms with Crippen molar-refractivity contribution < 1.29 is 5.11 Å². The van der Waals surface area contributed by atoms with Crippen molar-refractivity contribution in [3.8, 4) is 0 Å². The number of aliphatic hydroxyl groups is 1. The molecular weight excluding hydrogens is 200 g/mol. The monoisotopic (exact) mass is 222 g/mol. The summed E-state index contributed by atoms with van der Waals surface area (Å²) in [6.45, 7) is 5.03. The number of hydrogen-bond donors (Lipinski definition) is 2. The van der Waals surface area contributed by atoms with E-state index in [1.165, 1.54) is 18.4 Å². The number of nitrogens with one attached hydrogen (secondary N) is 1. The fourth-order valence-corrected chi connectivity index (χ4v) is 2.45. The van der Waals surface area contributed by atoms with Crippen molar-refractivity contribution in [1.82, 2.24) is 9.88 Å². The van der Waals surface area contributed by atoms with Gasteiger partial charge < -0.3 is 15.0 Å². The van der Waals surface area contributed by atoms with Crippen LogP contribution in [0, 0.1) is 5.92 Å². The highest BCUT2D eigenvalue weighted by molar-refractivity contribution is 5.09. The van der Waals surface area contributed by atoms with Gasteiger partial charge in [0, 0.05) is 32.0 Å². The highest BCUT2D eigenvalue weighted by Gasteiger charge is 2.24. The Balaban J connectivity index is 1.71. The summed E-state index contributed by atoms with van der Waals surface area (Å²) in [5, 5.41) is 13.1. The fraction of sp³-hybridized carbons (Fsp3) is 0.692. The van der Waals surface area contributed by atoms with E-state index in [1.807, 2.05) is 0 Å². The Labute approximate surface area is 97.5 Å². The SMILES string of the molecule is CCn1ccc(CNCC2CCCC2O)c1. The predicted molar refractivity (Wildman–Crippen MR) is 65.2 cm³/mol. The van der Waals surface area contributed by atoms with Gasteiger partial charge in [0.1, 0.15) is 0 Å². The standard InChI is InChI=1S/C13H22N2O/c1-2-15-7-6-11(10-15)8-14-9-12-4-3-5-13(12)16/h6-7,10,12-14,16H,2-5,8-9H2,1H3. The molecule has 1 heterocycles. The van der Waals surface area contributed by atoms with E-state index in [0.29, 0.717) is 5.92 Å². The minimum Gasteiger partial charge on any atom is -0.393 e. The molecule has 1 aliphatic carbocycles. The van der Waals surface area contributed by atoms with Crippen molar-refractivity contribution >= 4 is 0 Å². The summed E-state index contributed by atoms with van der Waals surface area (Å²) in [4.78, 5) is 0. The molecule has 0 spiro atoms. The van der Waals surface area contributed by atoms with Gasteiger partial charge in [-0.2, -0.15) is 0 Å². The van der Waals surface area contributed by atoms with E-state index in [-0.39, 0.29) is 6.10 Å². The molecule has 3 heteroatoms. The van der Waals surface area contributed by atoms with E-state index in [2.05, 4.69) is 35.3 Å². The van der Waals surface area contributed by atoms with Crippen molar-refractivity contribution in [2.45, 2.75) is 45.4 Å². The molecule has 1 aromatic heterocycles. The summed E-state index contributed by atoms with van der Waals surface area (Å²) in [6, 6.07) is 2.15. The first-order valence-electron chi connectivity index (χ1n) is 6.33. The van der Waals surface area contributed by atoms with Crippen LogP contribution in [0.3, 0.4) is 0 Å². The molecule has 0 amide bonds. The van der Waals surface area contributed by atoms with E-state index in [9.17, 15) is 5.11 Å². The van der Waals surface area contributed by atoms with Gasteiger partial charge in [-0.25, -0.2) is 0 Å². The minimum absolute atomic E-state index is 0.0762. The van der Waals surface area contributed by atoms with E-state index >= 15 is 0 Å². The third kappa shape index (κ3) is 2.86. The van der Waals surface area contributed by atoms with Crippen LogP contribution in [-0.2, 0) is 13.1 Å². The first-order valence-corrected chi connectivity index (χ1v) is 6.33. The first kappa shape index (κ1) is 11.7. The van der Waals surface area contributed by atoms with Crippen LogP contribution in [0.5, 0.6) is 0 Å². The molecule has 1 fully saturated rings. The third-order valence-corrected chi connectivity index (χ3v) is 3.53. The molecular formula is C13H22N2O. The summed E-state index contributed by atoms with van der Waals surface area (Å²) >= 11 is 0. The van der Waals surface area contributed by atoms with E-state index < -0.39 is 0 Å². The second-order valence-corrected chi connectivity index (χ2v) is 4.74. The predicted octanol–water partition coefficient (Wildman–Crippen LogP) is 1.76. The maximum absolute atomic E-state index is 9.68. The van der Waals surface area contributed by atoms with Gasteiger partial charge in [0.25, 0.3) is 0 Å². The zero-order valence-corrected chi connectivity index (χ0v) is 10.0. The molecule has 1 saturated carbocycles. The zero-order valence-electron chi connectivity index (χ0n) is 10.0. The van der Waals surface area contributed by atoms with Gasteiger partial charge in [-0.1, -0.05) is 6.42 Å². The van der Waals surface area contributed by atoms with Crippen molar-refractivity contribution in [1.29, 1.82) is 0 Å². The lowest BCUT2D eigenvalue weighted by molar-refractivity contribution is 0.131. The molecule has 1 aromatic rings. The molecule has 2 atom stereocenters. The van der Waals surface area contributed by atoms with E-state index in [0.717, 1.165) is 26.1 Å². The molecule has 2 N–H and O–H groups in total. The van der Waals surface area contributed by atoms with Gasteiger partial charge in [0.2, 0.25) is 0 Å². The van der Waals surface area contributed by atoms with Gasteiger partial charge in [0.05, 0.1) is 6.10 Å². The smallest absolute Gasteiger partial charge is 0.0580 e. The average molecular weight is 222 g/mol. The van der Waals surface area contributed by atoms with Gasteiger partial charge in [0.15, 0.2) is 0 Å². The summed E-state index contributed by atoms with van der Waals surface area (Å²) in [7, 11) is 0. The summed E-state index contributed by atoms with van der Waals surface area (Å²) < 4.78 is 2.18. The number of nitrogens with zero attached hydrogens (tertiary/aromatic N) is 1. The van der Waals surface area contributed by atoms with Crippen molar-refractivity contribution in [3.05, 3.63) is 24.0 Å². The Morgan fingerprint density at radius 1 is 1.50 bits per heavy atom. The van der Waals surface area contributed by atoms with Crippen molar-refractivity contribution in [2.24, 2.45) is 5.92 Å². The van der Waals surface area contributed by atoms with Crippen molar-refractivity contribution in [2.75, 3.05) is 6.54 Å². The topological polar surface area (TPSA) is 37.2 Å². The largest absolute Gasteiger partial charge is 0.393 e. The maximum Gasteiger partial charge on any atom is 0.0580 e. The van der Waals surface area contributed by atoms with Crippen LogP contribution in [-0.4, -0.2) is 22.3 Å². The molecule has 0 saturated heterocycles. The maximum atomic E-state index is 9.68. The Bertz CT molecular complexity index is 321. The highest BCUT2D eigenvalue weighted by atomic mass is 16.3. The lowest BCUT2D eigenvalue weighted by Crippen LogP contribution is -2.27. The van der Waals surface area contributed by atoms with Crippen LogP contribution < -0.4 is 5.32 Å². The van der Waals surface area contributed by atoms with Crippen LogP contribution >= 0.6 is 0 Å². The first-order chi connectivity index (χ1) is 7.79. The number of aromatic nitrogens is 1. The van der Waals surface area contributed by atoms with E-state index in [1.54, 1.807) is 0 Å². The molecule has 0 aliphatic heterocycles. The molecule has 3 nitrogen and oxygen atoms in total.